The average Bonchev–Trinajstić information content (AvgIpc) is 3.43. The third-order valence-corrected chi connectivity index (χ3v) is 6.12. The molecular formula is C20H26N4O4S. The highest BCUT2D eigenvalue weighted by molar-refractivity contribution is 7.99. The number of rotatable bonds is 7. The highest BCUT2D eigenvalue weighted by atomic mass is 32.2. The molecule has 0 radical (unpaired) electrons. The summed E-state index contributed by atoms with van der Waals surface area (Å²) in [4.78, 5) is 14.4. The van der Waals surface area contributed by atoms with E-state index in [1.54, 1.807) is 7.11 Å². The average molecular weight is 419 g/mol. The highest BCUT2D eigenvalue weighted by Gasteiger charge is 2.23. The molecule has 0 aliphatic carbocycles. The van der Waals surface area contributed by atoms with E-state index in [2.05, 4.69) is 14.8 Å². The minimum absolute atomic E-state index is 0.107. The van der Waals surface area contributed by atoms with Crippen molar-refractivity contribution in [3.63, 3.8) is 0 Å². The number of aromatic nitrogens is 3. The summed E-state index contributed by atoms with van der Waals surface area (Å²) in [5, 5.41) is 9.56. The Kier molecular flexibility index (Phi) is 6.68. The molecule has 0 spiro atoms. The van der Waals surface area contributed by atoms with Crippen molar-refractivity contribution in [1.29, 1.82) is 0 Å². The topological polar surface area (TPSA) is 78.7 Å². The summed E-state index contributed by atoms with van der Waals surface area (Å²) in [6, 6.07) is 7.77. The Bertz CT molecular complexity index is 814. The lowest BCUT2D eigenvalue weighted by molar-refractivity contribution is -0.132. The second-order valence-electron chi connectivity index (χ2n) is 7.06. The van der Waals surface area contributed by atoms with Crippen LogP contribution < -0.4 is 4.74 Å². The Labute approximate surface area is 174 Å². The van der Waals surface area contributed by atoms with Gasteiger partial charge in [-0.15, -0.1) is 10.2 Å². The molecule has 9 heteroatoms. The van der Waals surface area contributed by atoms with Gasteiger partial charge < -0.3 is 19.1 Å². The van der Waals surface area contributed by atoms with Crippen LogP contribution in [0.1, 0.15) is 12.8 Å². The lowest BCUT2D eigenvalue weighted by atomic mass is 10.2. The first-order valence-electron chi connectivity index (χ1n) is 9.92. The summed E-state index contributed by atoms with van der Waals surface area (Å²) in [6.45, 7) is 3.99. The smallest absolute Gasteiger partial charge is 0.233 e. The van der Waals surface area contributed by atoms with E-state index in [4.69, 9.17) is 14.2 Å². The molecule has 1 amide bonds. The van der Waals surface area contributed by atoms with Crippen LogP contribution in [0.2, 0.25) is 0 Å². The Morgan fingerprint density at radius 3 is 2.69 bits per heavy atom. The number of hydrogen-bond donors (Lipinski definition) is 0. The molecule has 156 valence electrons. The van der Waals surface area contributed by atoms with Crippen LogP contribution in [0.3, 0.4) is 0 Å². The Morgan fingerprint density at radius 1 is 1.21 bits per heavy atom. The van der Waals surface area contributed by atoms with E-state index in [-0.39, 0.29) is 12.0 Å². The molecule has 0 bridgehead atoms. The summed E-state index contributed by atoms with van der Waals surface area (Å²) in [5.41, 5.74) is 0.961. The van der Waals surface area contributed by atoms with E-state index in [1.807, 2.05) is 29.2 Å². The van der Waals surface area contributed by atoms with Crippen molar-refractivity contribution >= 4 is 17.7 Å². The van der Waals surface area contributed by atoms with Gasteiger partial charge in [-0.2, -0.15) is 0 Å². The van der Waals surface area contributed by atoms with Crippen LogP contribution in [0.15, 0.2) is 29.4 Å². The molecule has 2 saturated heterocycles. The fourth-order valence-corrected chi connectivity index (χ4v) is 4.39. The van der Waals surface area contributed by atoms with Crippen LogP contribution in [0.5, 0.6) is 5.75 Å². The number of morpholine rings is 1. The van der Waals surface area contributed by atoms with Crippen molar-refractivity contribution in [2.24, 2.45) is 0 Å². The summed E-state index contributed by atoms with van der Waals surface area (Å²) < 4.78 is 18.5. The zero-order valence-corrected chi connectivity index (χ0v) is 17.4. The molecule has 1 aromatic heterocycles. The SMILES string of the molecule is COc1ccc(-c2nnc(SCC(=O)N3CCOCC3)n2CC2CCCO2)cc1. The fraction of sp³-hybridized carbons (Fsp3) is 0.550. The number of hydrogen-bond acceptors (Lipinski definition) is 7. The van der Waals surface area contributed by atoms with Gasteiger partial charge in [-0.1, -0.05) is 11.8 Å². The summed E-state index contributed by atoms with van der Waals surface area (Å²) in [7, 11) is 1.65. The summed E-state index contributed by atoms with van der Waals surface area (Å²) >= 11 is 1.43. The van der Waals surface area contributed by atoms with Gasteiger partial charge in [-0.25, -0.2) is 0 Å². The lowest BCUT2D eigenvalue weighted by Crippen LogP contribution is -2.41. The van der Waals surface area contributed by atoms with Gasteiger partial charge in [0.2, 0.25) is 5.91 Å². The zero-order valence-electron chi connectivity index (χ0n) is 16.6. The molecule has 0 N–H and O–H groups in total. The molecule has 1 aromatic carbocycles. The molecule has 2 aliphatic heterocycles. The Balaban J connectivity index is 1.52. The highest BCUT2D eigenvalue weighted by Crippen LogP contribution is 2.28. The van der Waals surface area contributed by atoms with Crippen LogP contribution in [-0.4, -0.2) is 77.4 Å². The number of nitrogens with zero attached hydrogens (tertiary/aromatic N) is 4. The minimum atomic E-state index is 0.107. The van der Waals surface area contributed by atoms with Gasteiger partial charge in [0.1, 0.15) is 5.75 Å². The van der Waals surface area contributed by atoms with Crippen molar-refractivity contribution in [3.8, 4) is 17.1 Å². The molecule has 1 unspecified atom stereocenters. The van der Waals surface area contributed by atoms with Gasteiger partial charge in [0.25, 0.3) is 0 Å². The fourth-order valence-electron chi connectivity index (χ4n) is 3.54. The maximum Gasteiger partial charge on any atom is 0.233 e. The Morgan fingerprint density at radius 2 is 2.00 bits per heavy atom. The van der Waals surface area contributed by atoms with Gasteiger partial charge >= 0.3 is 0 Å². The molecule has 3 heterocycles. The predicted molar refractivity (Wildman–Crippen MR) is 109 cm³/mol. The van der Waals surface area contributed by atoms with Crippen LogP contribution >= 0.6 is 11.8 Å². The first-order valence-corrected chi connectivity index (χ1v) is 10.9. The van der Waals surface area contributed by atoms with E-state index in [9.17, 15) is 4.79 Å². The summed E-state index contributed by atoms with van der Waals surface area (Å²) in [5.74, 6) is 2.02. The van der Waals surface area contributed by atoms with Crippen molar-refractivity contribution in [2.45, 2.75) is 30.6 Å². The van der Waals surface area contributed by atoms with Crippen LogP contribution in [0.25, 0.3) is 11.4 Å². The van der Waals surface area contributed by atoms with Crippen molar-refractivity contribution < 1.29 is 19.0 Å². The van der Waals surface area contributed by atoms with Crippen molar-refractivity contribution in [2.75, 3.05) is 45.8 Å². The standard InChI is InChI=1S/C20H26N4O4S/c1-26-16-6-4-15(5-7-16)19-21-22-20(24(19)13-17-3-2-10-28-17)29-14-18(25)23-8-11-27-12-9-23/h4-7,17H,2-3,8-14H2,1H3. The van der Waals surface area contributed by atoms with Crippen molar-refractivity contribution in [1.82, 2.24) is 19.7 Å². The Hall–Kier alpha value is -2.10. The largest absolute Gasteiger partial charge is 0.497 e. The lowest BCUT2D eigenvalue weighted by Gasteiger charge is -2.26. The van der Waals surface area contributed by atoms with Gasteiger partial charge in [0.15, 0.2) is 11.0 Å². The third-order valence-electron chi connectivity index (χ3n) is 5.16. The van der Waals surface area contributed by atoms with Crippen LogP contribution in [-0.2, 0) is 20.8 Å². The number of carbonyl (C=O) groups excluding carboxylic acids is 1. The first kappa shape index (κ1) is 20.2. The molecule has 4 rings (SSSR count). The minimum Gasteiger partial charge on any atom is -0.497 e. The van der Waals surface area contributed by atoms with E-state index < -0.39 is 0 Å². The third kappa shape index (κ3) is 4.91. The number of amides is 1. The maximum absolute atomic E-state index is 12.5. The van der Waals surface area contributed by atoms with Crippen molar-refractivity contribution in [3.05, 3.63) is 24.3 Å². The van der Waals surface area contributed by atoms with E-state index in [0.717, 1.165) is 41.7 Å². The van der Waals surface area contributed by atoms with E-state index in [1.165, 1.54) is 11.8 Å². The number of thioether (sulfide) groups is 1. The molecule has 2 aliphatic rings. The molecular weight excluding hydrogens is 392 g/mol. The number of ether oxygens (including phenoxy) is 3. The van der Waals surface area contributed by atoms with Gasteiger partial charge in [-0.05, 0) is 37.1 Å². The van der Waals surface area contributed by atoms with Gasteiger partial charge in [0, 0.05) is 25.3 Å². The van der Waals surface area contributed by atoms with Gasteiger partial charge in [-0.3, -0.25) is 9.36 Å². The number of methoxy groups -OCH3 is 1. The molecule has 2 aromatic rings. The molecule has 2 fully saturated rings. The molecule has 1 atom stereocenters. The van der Waals surface area contributed by atoms with Crippen LogP contribution in [0.4, 0.5) is 0 Å². The summed E-state index contributed by atoms with van der Waals surface area (Å²) in [6.07, 6.45) is 2.25. The van der Waals surface area contributed by atoms with E-state index >= 15 is 0 Å². The van der Waals surface area contributed by atoms with E-state index in [0.29, 0.717) is 38.6 Å². The second kappa shape index (κ2) is 9.60. The zero-order chi connectivity index (χ0) is 20.1. The molecule has 29 heavy (non-hydrogen) atoms. The quantitative estimate of drug-likeness (QED) is 0.637. The predicted octanol–water partition coefficient (Wildman–Crippen LogP) is 2.08. The molecule has 8 nitrogen and oxygen atoms in total. The monoisotopic (exact) mass is 418 g/mol. The van der Waals surface area contributed by atoms with Crippen LogP contribution in [0, 0.1) is 0 Å². The first-order chi connectivity index (χ1) is 14.2. The van der Waals surface area contributed by atoms with Gasteiger partial charge in [0.05, 0.1) is 38.7 Å². The maximum atomic E-state index is 12.5. The number of carbonyl (C=O) groups is 1. The molecule has 0 saturated carbocycles. The normalized spacial score (nSPS) is 19.5. The second-order valence-corrected chi connectivity index (χ2v) is 8.00. The number of benzene rings is 1.